The van der Waals surface area contributed by atoms with Crippen molar-refractivity contribution in [1.29, 1.82) is 0 Å². The highest BCUT2D eigenvalue weighted by atomic mass is 16.5. The van der Waals surface area contributed by atoms with Crippen molar-refractivity contribution in [2.75, 3.05) is 47.3 Å². The second-order valence-corrected chi connectivity index (χ2v) is 19.9. The summed E-state index contributed by atoms with van der Waals surface area (Å²) in [6, 6.07) is 0.738. The molecule has 2 aliphatic rings. The number of ether oxygens (including phenoxy) is 2. The normalized spacial score (nSPS) is 19.8. The second kappa shape index (κ2) is 26.1. The predicted octanol–water partition coefficient (Wildman–Crippen LogP) is 12.8. The highest BCUT2D eigenvalue weighted by Gasteiger charge is 2.30. The Bertz CT molecular complexity index is 830. The molecule has 2 rings (SSSR count). The molecule has 5 nitrogen and oxygen atoms in total. The average Bonchev–Trinajstić information content (AvgIpc) is 3.42. The van der Waals surface area contributed by atoms with Gasteiger partial charge in [-0.05, 0) is 141 Å². The molecule has 2 atom stereocenters. The van der Waals surface area contributed by atoms with E-state index in [0.717, 1.165) is 31.7 Å². The summed E-state index contributed by atoms with van der Waals surface area (Å²) in [6.07, 6.45) is 16.4. The van der Waals surface area contributed by atoms with E-state index in [1.165, 1.54) is 101 Å². The van der Waals surface area contributed by atoms with Crippen molar-refractivity contribution in [2.45, 2.75) is 199 Å². The fraction of sp³-hybridized carbons (Fsp3) is 0.932. The fourth-order valence-electron chi connectivity index (χ4n) is 5.14. The van der Waals surface area contributed by atoms with E-state index in [-0.39, 0.29) is 5.60 Å². The lowest BCUT2D eigenvalue weighted by molar-refractivity contribution is 0.00512. The number of rotatable bonds is 14. The third kappa shape index (κ3) is 36.8. The lowest BCUT2D eigenvalue weighted by Gasteiger charge is -2.27. The van der Waals surface area contributed by atoms with Crippen LogP contribution in [0.2, 0.25) is 0 Å². The summed E-state index contributed by atoms with van der Waals surface area (Å²) in [5.41, 5.74) is 4.03. The second-order valence-electron chi connectivity index (χ2n) is 19.9. The Morgan fingerprint density at radius 2 is 1.35 bits per heavy atom. The monoisotopic (exact) mass is 694 g/mol. The van der Waals surface area contributed by atoms with E-state index in [0.29, 0.717) is 23.0 Å². The molecule has 0 spiro atoms. The van der Waals surface area contributed by atoms with Crippen LogP contribution in [0.1, 0.15) is 187 Å². The molecular formula is C44H91N3O2. The summed E-state index contributed by atoms with van der Waals surface area (Å²) in [6.45, 7) is 42.2. The van der Waals surface area contributed by atoms with Crippen LogP contribution in [-0.4, -0.2) is 74.4 Å². The summed E-state index contributed by atoms with van der Waals surface area (Å²) in [5, 5.41) is 0. The third-order valence-corrected chi connectivity index (χ3v) is 9.43. The van der Waals surface area contributed by atoms with Crippen LogP contribution in [0.15, 0.2) is 17.1 Å². The summed E-state index contributed by atoms with van der Waals surface area (Å²) >= 11 is 0. The van der Waals surface area contributed by atoms with Crippen molar-refractivity contribution in [2.24, 2.45) is 27.2 Å². The minimum Gasteiger partial charge on any atom is -0.375 e. The lowest BCUT2D eigenvalue weighted by atomic mass is 9.84. The van der Waals surface area contributed by atoms with Gasteiger partial charge in [-0.1, -0.05) is 88.2 Å². The Kier molecular flexibility index (Phi) is 26.8. The maximum atomic E-state index is 5.74. The maximum Gasteiger partial charge on any atom is 0.139 e. The van der Waals surface area contributed by atoms with E-state index in [4.69, 9.17) is 9.47 Å². The Morgan fingerprint density at radius 1 is 0.816 bits per heavy atom. The van der Waals surface area contributed by atoms with Gasteiger partial charge in [-0.2, -0.15) is 0 Å². The summed E-state index contributed by atoms with van der Waals surface area (Å²) in [4.78, 5) is 9.14. The van der Waals surface area contributed by atoms with E-state index in [2.05, 4.69) is 139 Å². The molecule has 2 unspecified atom stereocenters. The number of nitrogens with zero attached hydrogens (tertiary/aromatic N) is 3. The Balaban J connectivity index is 0. The van der Waals surface area contributed by atoms with Gasteiger partial charge in [-0.3, -0.25) is 9.89 Å². The van der Waals surface area contributed by atoms with Crippen molar-refractivity contribution in [1.82, 2.24) is 9.80 Å². The van der Waals surface area contributed by atoms with Gasteiger partial charge < -0.3 is 14.4 Å². The SMILES string of the molecule is C=C(C)CCC(C)(C)C.CC(C)(C)CCC1(C)CCCO1.CC(C)CCC(C)N(C)C.CC(CCC(C)(C)C)=NCOCN1CCCCC1. The van der Waals surface area contributed by atoms with Crippen LogP contribution in [0.5, 0.6) is 0 Å². The average molecular weight is 694 g/mol. The number of likely N-dealkylation sites (tertiary alicyclic amines) is 1. The predicted molar refractivity (Wildman–Crippen MR) is 221 cm³/mol. The molecule has 294 valence electrons. The zero-order valence-electron chi connectivity index (χ0n) is 36.7. The molecule has 0 aromatic rings. The first-order valence-electron chi connectivity index (χ1n) is 20.1. The van der Waals surface area contributed by atoms with Crippen LogP contribution in [0.3, 0.4) is 0 Å². The molecule has 0 saturated carbocycles. The minimum absolute atomic E-state index is 0.202. The van der Waals surface area contributed by atoms with Crippen LogP contribution in [0.4, 0.5) is 0 Å². The van der Waals surface area contributed by atoms with Gasteiger partial charge in [0, 0.05) is 31.4 Å². The first kappa shape index (κ1) is 50.4. The quantitative estimate of drug-likeness (QED) is 0.103. The molecule has 0 bridgehead atoms. The summed E-state index contributed by atoms with van der Waals surface area (Å²) < 4.78 is 11.3. The largest absolute Gasteiger partial charge is 0.375 e. The number of aliphatic imine (C=N–C) groups is 1. The lowest BCUT2D eigenvalue weighted by Crippen LogP contribution is -2.31. The van der Waals surface area contributed by atoms with Crippen molar-refractivity contribution >= 4 is 5.71 Å². The smallest absolute Gasteiger partial charge is 0.139 e. The van der Waals surface area contributed by atoms with Gasteiger partial charge >= 0.3 is 0 Å². The molecular weight excluding hydrogens is 603 g/mol. The molecule has 2 aliphatic heterocycles. The number of hydrogen-bond donors (Lipinski definition) is 0. The molecule has 5 heteroatoms. The van der Waals surface area contributed by atoms with Gasteiger partial charge in [0.15, 0.2) is 0 Å². The van der Waals surface area contributed by atoms with Crippen molar-refractivity contribution < 1.29 is 9.47 Å². The molecule has 2 heterocycles. The van der Waals surface area contributed by atoms with Crippen molar-refractivity contribution in [3.05, 3.63) is 12.2 Å². The van der Waals surface area contributed by atoms with Gasteiger partial charge in [0.05, 0.1) is 5.60 Å². The maximum absolute atomic E-state index is 5.74. The molecule has 0 radical (unpaired) electrons. The van der Waals surface area contributed by atoms with E-state index < -0.39 is 0 Å². The number of piperidine rings is 1. The van der Waals surface area contributed by atoms with Crippen LogP contribution in [0, 0.1) is 22.2 Å². The van der Waals surface area contributed by atoms with Gasteiger partial charge in [0.25, 0.3) is 0 Å². The Hall–Kier alpha value is -0.750. The van der Waals surface area contributed by atoms with Crippen LogP contribution in [-0.2, 0) is 9.47 Å². The molecule has 0 N–H and O–H groups in total. The van der Waals surface area contributed by atoms with Gasteiger partial charge in [0.2, 0.25) is 0 Å². The molecule has 2 saturated heterocycles. The van der Waals surface area contributed by atoms with Crippen LogP contribution >= 0.6 is 0 Å². The third-order valence-electron chi connectivity index (χ3n) is 9.43. The summed E-state index contributed by atoms with van der Waals surface area (Å²) in [5.74, 6) is 0.849. The Labute approximate surface area is 309 Å². The van der Waals surface area contributed by atoms with Gasteiger partial charge in [-0.25, -0.2) is 0 Å². The van der Waals surface area contributed by atoms with Crippen molar-refractivity contribution in [3.63, 3.8) is 0 Å². The molecule has 0 aliphatic carbocycles. The van der Waals surface area contributed by atoms with Gasteiger partial charge in [-0.15, -0.1) is 6.58 Å². The zero-order valence-corrected chi connectivity index (χ0v) is 36.7. The topological polar surface area (TPSA) is 37.3 Å². The summed E-state index contributed by atoms with van der Waals surface area (Å²) in [7, 11) is 4.29. The van der Waals surface area contributed by atoms with Crippen LogP contribution in [0.25, 0.3) is 0 Å². The molecule has 2 fully saturated rings. The zero-order chi connectivity index (χ0) is 38.3. The standard InChI is InChI=1S/C15H30N2O.C11H22O.C9H21N.C9H18/c1-14(8-9-15(2,3)4)16-12-18-13-17-10-6-5-7-11-17;1-10(2,3)7-8-11(4)6-5-9-12-11;1-8(2)6-7-9(3)10(4)5;1-8(2)6-7-9(3,4)5/h5-13H2,1-4H3;5-9H2,1-4H3;8-9H,6-7H2,1-5H3;1,6-7H2,2-5H3. The Morgan fingerprint density at radius 3 is 1.76 bits per heavy atom. The molecule has 0 amide bonds. The van der Waals surface area contributed by atoms with Crippen LogP contribution < -0.4 is 0 Å². The number of hydrogen-bond acceptors (Lipinski definition) is 5. The fourth-order valence-corrected chi connectivity index (χ4v) is 5.14. The first-order chi connectivity index (χ1) is 22.3. The molecule has 0 aromatic carbocycles. The van der Waals surface area contributed by atoms with E-state index >= 15 is 0 Å². The highest BCUT2D eigenvalue weighted by molar-refractivity contribution is 5.81. The number of allylic oxidation sites excluding steroid dienone is 1. The van der Waals surface area contributed by atoms with E-state index in [1.807, 2.05) is 0 Å². The molecule has 49 heavy (non-hydrogen) atoms. The highest BCUT2D eigenvalue weighted by Crippen LogP contribution is 2.34. The van der Waals surface area contributed by atoms with Crippen molar-refractivity contribution in [3.8, 4) is 0 Å². The van der Waals surface area contributed by atoms with E-state index in [9.17, 15) is 0 Å². The van der Waals surface area contributed by atoms with Gasteiger partial charge in [0.1, 0.15) is 13.5 Å². The molecule has 0 aromatic heterocycles. The first-order valence-corrected chi connectivity index (χ1v) is 20.1. The van der Waals surface area contributed by atoms with E-state index in [1.54, 1.807) is 0 Å². The minimum atomic E-state index is 0.202.